The Morgan fingerprint density at radius 2 is 1.74 bits per heavy atom. The average Bonchev–Trinajstić information content (AvgIpc) is 3.35. The van der Waals surface area contributed by atoms with Gasteiger partial charge in [-0.2, -0.15) is 9.97 Å². The number of hydrogen-bond donors (Lipinski definition) is 0. The molecule has 8 nitrogen and oxygen atoms in total. The van der Waals surface area contributed by atoms with Gasteiger partial charge in [-0.15, -0.1) is 0 Å². The molecule has 2 aromatic heterocycles. The molecule has 3 heterocycles. The number of aromatic nitrogens is 4. The zero-order valence-corrected chi connectivity index (χ0v) is 17.6. The summed E-state index contributed by atoms with van der Waals surface area (Å²) in [4.78, 5) is 23.0. The Kier molecular flexibility index (Phi) is 5.05. The maximum atomic E-state index is 13.4. The summed E-state index contributed by atoms with van der Waals surface area (Å²) in [5.41, 5.74) is 0.226. The van der Waals surface area contributed by atoms with Crippen molar-refractivity contribution in [2.75, 3.05) is 13.1 Å². The van der Waals surface area contributed by atoms with Crippen molar-refractivity contribution < 1.29 is 22.6 Å². The van der Waals surface area contributed by atoms with Gasteiger partial charge < -0.3 is 13.9 Å². The van der Waals surface area contributed by atoms with Crippen LogP contribution >= 0.6 is 0 Å². The fourth-order valence-electron chi connectivity index (χ4n) is 5.33. The van der Waals surface area contributed by atoms with E-state index in [-0.39, 0.29) is 42.4 Å². The first-order valence-electron chi connectivity index (χ1n) is 11.1. The van der Waals surface area contributed by atoms with E-state index in [0.29, 0.717) is 36.3 Å². The van der Waals surface area contributed by atoms with Gasteiger partial charge in [0.05, 0.1) is 0 Å². The Bertz CT molecular complexity index is 932. The molecule has 10 heteroatoms. The van der Waals surface area contributed by atoms with Crippen LogP contribution in [0, 0.1) is 12.3 Å². The van der Waals surface area contributed by atoms with Crippen LogP contribution in [0.4, 0.5) is 8.78 Å². The van der Waals surface area contributed by atoms with Gasteiger partial charge in [0.25, 0.3) is 0 Å². The van der Waals surface area contributed by atoms with Crippen molar-refractivity contribution in [2.45, 2.75) is 82.5 Å². The predicted molar refractivity (Wildman–Crippen MR) is 103 cm³/mol. The van der Waals surface area contributed by atoms with Crippen LogP contribution in [0.1, 0.15) is 86.6 Å². The smallest absolute Gasteiger partial charge is 0.248 e. The number of amides is 1. The number of halogens is 2. The molecular weight excluding hydrogens is 408 g/mol. The van der Waals surface area contributed by atoms with E-state index in [1.165, 1.54) is 0 Å². The standard InChI is InChI=1S/C21H27F2N5O3/c1-13-24-16(30-26-13)10-17(29)28-8-6-20(7-9-28)11-15(12-20)19-25-18(27-31-19)14-2-4-21(22,23)5-3-14/h14-15H,2-12H2,1H3. The second kappa shape index (κ2) is 7.63. The van der Waals surface area contributed by atoms with Crippen molar-refractivity contribution in [3.8, 4) is 0 Å². The number of likely N-dealkylation sites (tertiary alicyclic amines) is 1. The van der Waals surface area contributed by atoms with Crippen molar-refractivity contribution in [1.29, 1.82) is 0 Å². The lowest BCUT2D eigenvalue weighted by Crippen LogP contribution is -2.48. The monoisotopic (exact) mass is 435 g/mol. The van der Waals surface area contributed by atoms with Crippen molar-refractivity contribution >= 4 is 5.91 Å². The Hall–Kier alpha value is -2.39. The number of hydrogen-bond acceptors (Lipinski definition) is 7. The molecule has 0 unspecified atom stereocenters. The zero-order chi connectivity index (χ0) is 21.6. The second-order valence-corrected chi connectivity index (χ2v) is 9.52. The van der Waals surface area contributed by atoms with E-state index >= 15 is 0 Å². The summed E-state index contributed by atoms with van der Waals surface area (Å²) in [7, 11) is 0. The van der Waals surface area contributed by atoms with E-state index in [9.17, 15) is 13.6 Å². The highest BCUT2D eigenvalue weighted by Crippen LogP contribution is 2.56. The van der Waals surface area contributed by atoms with Gasteiger partial charge in [-0.1, -0.05) is 10.3 Å². The molecule has 3 aliphatic rings. The highest BCUT2D eigenvalue weighted by Gasteiger charge is 2.49. The molecule has 2 aromatic rings. The van der Waals surface area contributed by atoms with Gasteiger partial charge in [-0.3, -0.25) is 4.79 Å². The maximum absolute atomic E-state index is 13.4. The minimum atomic E-state index is -2.55. The molecular formula is C21H27F2N5O3. The van der Waals surface area contributed by atoms with E-state index in [0.717, 1.165) is 38.8 Å². The SMILES string of the molecule is Cc1noc(CC(=O)N2CCC3(CC2)CC(c2nc(C4CCC(F)(F)CC4)no2)C3)n1. The van der Waals surface area contributed by atoms with Crippen molar-refractivity contribution in [1.82, 2.24) is 25.2 Å². The molecule has 1 saturated heterocycles. The third kappa shape index (κ3) is 4.21. The lowest BCUT2D eigenvalue weighted by molar-refractivity contribution is -0.134. The van der Waals surface area contributed by atoms with Gasteiger partial charge in [0.2, 0.25) is 23.6 Å². The van der Waals surface area contributed by atoms with Crippen molar-refractivity contribution in [3.63, 3.8) is 0 Å². The summed E-state index contributed by atoms with van der Waals surface area (Å²) >= 11 is 0. The molecule has 0 radical (unpaired) electrons. The van der Waals surface area contributed by atoms with E-state index in [4.69, 9.17) is 9.05 Å². The summed E-state index contributed by atoms with van der Waals surface area (Å²) < 4.78 is 37.3. The largest absolute Gasteiger partial charge is 0.342 e. The van der Waals surface area contributed by atoms with Gasteiger partial charge in [0.1, 0.15) is 6.42 Å². The minimum absolute atomic E-state index is 0.0222. The molecule has 1 spiro atoms. The van der Waals surface area contributed by atoms with E-state index in [2.05, 4.69) is 20.3 Å². The average molecular weight is 435 g/mol. The zero-order valence-electron chi connectivity index (χ0n) is 17.6. The number of aryl methyl sites for hydroxylation is 1. The first kappa shape index (κ1) is 20.5. The third-order valence-corrected chi connectivity index (χ3v) is 7.30. The van der Waals surface area contributed by atoms with Crippen LogP contribution in [0.5, 0.6) is 0 Å². The summed E-state index contributed by atoms with van der Waals surface area (Å²) in [5, 5.41) is 7.82. The first-order chi connectivity index (χ1) is 14.8. The molecule has 0 aromatic carbocycles. The summed E-state index contributed by atoms with van der Waals surface area (Å²) in [6.45, 7) is 3.18. The molecule has 168 valence electrons. The lowest BCUT2D eigenvalue weighted by Gasteiger charge is -2.51. The third-order valence-electron chi connectivity index (χ3n) is 7.30. The molecule has 1 amide bonds. The molecule has 3 fully saturated rings. The number of piperidine rings is 1. The number of nitrogens with zero attached hydrogens (tertiary/aromatic N) is 5. The van der Waals surface area contributed by atoms with Crippen LogP contribution in [0.3, 0.4) is 0 Å². The highest BCUT2D eigenvalue weighted by molar-refractivity contribution is 5.77. The quantitative estimate of drug-likeness (QED) is 0.721. The summed E-state index contributed by atoms with van der Waals surface area (Å²) in [6, 6.07) is 0. The number of alkyl halides is 2. The second-order valence-electron chi connectivity index (χ2n) is 9.52. The molecule has 31 heavy (non-hydrogen) atoms. The fourth-order valence-corrected chi connectivity index (χ4v) is 5.33. The highest BCUT2D eigenvalue weighted by atomic mass is 19.3. The van der Waals surface area contributed by atoms with Crippen LogP contribution in [0.15, 0.2) is 9.05 Å². The Morgan fingerprint density at radius 3 is 2.39 bits per heavy atom. The number of carbonyl (C=O) groups excluding carboxylic acids is 1. The fraction of sp³-hybridized carbons (Fsp3) is 0.762. The van der Waals surface area contributed by atoms with Gasteiger partial charge >= 0.3 is 0 Å². The minimum Gasteiger partial charge on any atom is -0.342 e. The first-order valence-corrected chi connectivity index (χ1v) is 11.1. The van der Waals surface area contributed by atoms with Crippen LogP contribution in [0.2, 0.25) is 0 Å². The van der Waals surface area contributed by atoms with Gasteiger partial charge in [0, 0.05) is 37.8 Å². The number of carbonyl (C=O) groups is 1. The van der Waals surface area contributed by atoms with Gasteiger partial charge in [-0.25, -0.2) is 8.78 Å². The number of rotatable bonds is 4. The normalized spacial score (nSPS) is 23.8. The molecule has 2 saturated carbocycles. The molecule has 1 aliphatic heterocycles. The van der Waals surface area contributed by atoms with Gasteiger partial charge in [-0.05, 0) is 50.9 Å². The van der Waals surface area contributed by atoms with Gasteiger partial charge in [0.15, 0.2) is 11.6 Å². The predicted octanol–water partition coefficient (Wildman–Crippen LogP) is 3.78. The molecule has 0 bridgehead atoms. The summed E-state index contributed by atoms with van der Waals surface area (Å²) in [5.74, 6) is -0.200. The topological polar surface area (TPSA) is 98.2 Å². The van der Waals surface area contributed by atoms with E-state index in [1.807, 2.05) is 4.90 Å². The molecule has 2 aliphatic carbocycles. The molecule has 0 atom stereocenters. The Balaban J connectivity index is 1.11. The van der Waals surface area contributed by atoms with Crippen LogP contribution in [-0.2, 0) is 11.2 Å². The Labute approximate surface area is 178 Å². The lowest BCUT2D eigenvalue weighted by atomic mass is 9.57. The van der Waals surface area contributed by atoms with Crippen molar-refractivity contribution in [3.05, 3.63) is 23.4 Å². The van der Waals surface area contributed by atoms with E-state index < -0.39 is 5.92 Å². The van der Waals surface area contributed by atoms with Crippen LogP contribution in [0.25, 0.3) is 0 Å². The maximum Gasteiger partial charge on any atom is 0.248 e. The summed E-state index contributed by atoms with van der Waals surface area (Å²) in [6.07, 6.45) is 4.62. The Morgan fingerprint density at radius 1 is 1.03 bits per heavy atom. The van der Waals surface area contributed by atoms with Crippen LogP contribution < -0.4 is 0 Å². The molecule has 0 N–H and O–H groups in total. The van der Waals surface area contributed by atoms with Crippen LogP contribution in [-0.4, -0.2) is 50.1 Å². The van der Waals surface area contributed by atoms with E-state index in [1.54, 1.807) is 6.92 Å². The van der Waals surface area contributed by atoms with Crippen molar-refractivity contribution in [2.24, 2.45) is 5.41 Å². The molecule has 5 rings (SSSR count).